The minimum Gasteiger partial charge on any atom is -0.480 e. The minimum absolute atomic E-state index is 0.504. The Labute approximate surface area is 107 Å². The van der Waals surface area contributed by atoms with Crippen LogP contribution in [0.4, 0.5) is 0 Å². The largest absolute Gasteiger partial charge is 0.480 e. The molecule has 0 spiro atoms. The van der Waals surface area contributed by atoms with Gasteiger partial charge in [0.05, 0.1) is 5.37 Å². The topological polar surface area (TPSA) is 121 Å². The Kier molecular flexibility index (Phi) is 2.82. The van der Waals surface area contributed by atoms with Gasteiger partial charge in [0.1, 0.15) is 18.1 Å². The number of carboxylic acid groups (broad SMARTS) is 1. The molecule has 2 saturated heterocycles. The van der Waals surface area contributed by atoms with Crippen LogP contribution in [-0.4, -0.2) is 55.2 Å². The number of hydrogen-bond acceptors (Lipinski definition) is 5. The number of nitrogens with two attached hydrogens (primary N) is 1. The molecule has 18 heavy (non-hydrogen) atoms. The van der Waals surface area contributed by atoms with Gasteiger partial charge in [-0.15, -0.1) is 11.8 Å². The molecule has 7 nitrogen and oxygen atoms in total. The lowest BCUT2D eigenvalue weighted by molar-refractivity contribution is -0.170. The van der Waals surface area contributed by atoms with Crippen LogP contribution >= 0.6 is 11.8 Å². The summed E-state index contributed by atoms with van der Waals surface area (Å²) in [5.41, 5.74) is 4.97. The van der Waals surface area contributed by atoms with Gasteiger partial charge < -0.3 is 20.8 Å². The maximum absolute atomic E-state index is 11.9. The second-order valence-corrected chi connectivity index (χ2v) is 6.74. The van der Waals surface area contributed by atoms with E-state index >= 15 is 0 Å². The summed E-state index contributed by atoms with van der Waals surface area (Å²) in [5, 5.41) is 18.2. The van der Waals surface area contributed by atoms with E-state index in [9.17, 15) is 19.5 Å². The highest BCUT2D eigenvalue weighted by Crippen LogP contribution is 2.53. The molecule has 4 N–H and O–H groups in total. The van der Waals surface area contributed by atoms with Gasteiger partial charge in [0, 0.05) is 4.75 Å². The molecule has 4 atom stereocenters. The number of β-lactam (4-membered cyclic amide) rings is 1. The number of nitrogens with zero attached hydrogens (tertiary/aromatic N) is 1. The molecule has 0 bridgehead atoms. The van der Waals surface area contributed by atoms with Gasteiger partial charge in [-0.3, -0.25) is 9.59 Å². The third-order valence-electron chi connectivity index (χ3n) is 3.35. The molecule has 0 unspecified atom stereocenters. The molecule has 0 aromatic carbocycles. The van der Waals surface area contributed by atoms with Crippen LogP contribution in [0, 0.1) is 5.92 Å². The molecular weight excluding hydrogens is 260 g/mol. The quantitative estimate of drug-likeness (QED) is 0.544. The summed E-state index contributed by atoms with van der Waals surface area (Å²) in [6, 6.07) is -0.948. The second-order valence-electron chi connectivity index (χ2n) is 4.97. The number of aliphatic carboxylic acids is 1. The zero-order valence-corrected chi connectivity index (χ0v) is 10.7. The summed E-state index contributed by atoms with van der Waals surface area (Å²) in [7, 11) is 0. The van der Waals surface area contributed by atoms with E-state index < -0.39 is 46.0 Å². The molecule has 0 aliphatic carbocycles. The van der Waals surface area contributed by atoms with E-state index in [4.69, 9.17) is 10.8 Å². The molecule has 2 amide bonds. The molecule has 2 fully saturated rings. The van der Waals surface area contributed by atoms with Crippen LogP contribution in [0.5, 0.6) is 0 Å². The van der Waals surface area contributed by atoms with Crippen molar-refractivity contribution >= 4 is 29.5 Å². The van der Waals surface area contributed by atoms with Crippen molar-refractivity contribution in [3.05, 3.63) is 0 Å². The summed E-state index contributed by atoms with van der Waals surface area (Å²) in [6.45, 7) is 3.44. The molecule has 0 aromatic rings. The maximum Gasteiger partial charge on any atom is 0.327 e. The maximum atomic E-state index is 11.9. The Morgan fingerprint density at radius 3 is 2.50 bits per heavy atom. The Morgan fingerprint density at radius 2 is 2.06 bits per heavy atom. The lowest BCUT2D eigenvalue weighted by Gasteiger charge is -2.44. The number of thioether (sulfide) groups is 1. The average Bonchev–Trinajstić information content (AvgIpc) is 2.47. The van der Waals surface area contributed by atoms with Gasteiger partial charge in [-0.25, -0.2) is 4.79 Å². The molecule has 100 valence electrons. The first-order valence-corrected chi connectivity index (χ1v) is 6.26. The summed E-state index contributed by atoms with van der Waals surface area (Å²) in [4.78, 5) is 35.2. The van der Waals surface area contributed by atoms with Crippen molar-refractivity contribution in [2.24, 2.45) is 11.7 Å². The fourth-order valence-corrected chi connectivity index (χ4v) is 4.23. The van der Waals surface area contributed by atoms with Crippen molar-refractivity contribution in [1.82, 2.24) is 4.90 Å². The lowest BCUT2D eigenvalue weighted by Crippen LogP contribution is -2.66. The SMILES string of the molecule is CC1(C)S[C@@H]2[C@H]([C@H](O)C(N)=O)C(=O)N2[C@H]1C(=O)O. The van der Waals surface area contributed by atoms with Crippen molar-refractivity contribution in [3.8, 4) is 0 Å². The number of carbonyl (C=O) groups excluding carboxylic acids is 2. The van der Waals surface area contributed by atoms with Crippen molar-refractivity contribution in [2.75, 3.05) is 0 Å². The standard InChI is InChI=1S/C10H14N2O5S/c1-10(2)5(9(16)17)12-7(15)3(8(12)18-10)4(13)6(11)14/h3-5,8,13H,1-2H3,(H2,11,14)(H,16,17)/t3-,4+,5+,8-/m1/s1. The van der Waals surface area contributed by atoms with Crippen molar-refractivity contribution in [1.29, 1.82) is 0 Å². The third-order valence-corrected chi connectivity index (χ3v) is 4.94. The Morgan fingerprint density at radius 1 is 1.50 bits per heavy atom. The number of hydrogen-bond donors (Lipinski definition) is 3. The number of carboxylic acids is 1. The monoisotopic (exact) mass is 274 g/mol. The summed E-state index contributed by atoms with van der Waals surface area (Å²) < 4.78 is -0.668. The Balaban J connectivity index is 2.27. The third kappa shape index (κ3) is 1.59. The van der Waals surface area contributed by atoms with Gasteiger partial charge in [-0.2, -0.15) is 0 Å². The molecule has 2 heterocycles. The molecular formula is C10H14N2O5S. The number of primary amides is 1. The van der Waals surface area contributed by atoms with Crippen LogP contribution in [0.1, 0.15) is 13.8 Å². The van der Waals surface area contributed by atoms with E-state index in [1.165, 1.54) is 16.7 Å². The number of amides is 2. The number of aliphatic hydroxyl groups is 1. The van der Waals surface area contributed by atoms with Crippen LogP contribution < -0.4 is 5.73 Å². The molecule has 2 rings (SSSR count). The molecule has 2 aliphatic rings. The first-order chi connectivity index (χ1) is 8.18. The van der Waals surface area contributed by atoms with Gasteiger partial charge in [0.25, 0.3) is 0 Å². The van der Waals surface area contributed by atoms with Crippen molar-refractivity contribution < 1.29 is 24.6 Å². The average molecular weight is 274 g/mol. The van der Waals surface area contributed by atoms with E-state index in [2.05, 4.69) is 0 Å². The van der Waals surface area contributed by atoms with Crippen LogP contribution in [-0.2, 0) is 14.4 Å². The number of rotatable bonds is 3. The summed E-state index contributed by atoms with van der Waals surface area (Å²) >= 11 is 1.27. The highest BCUT2D eigenvalue weighted by atomic mass is 32.2. The van der Waals surface area contributed by atoms with E-state index in [-0.39, 0.29) is 0 Å². The number of fused-ring (bicyclic) bond motifs is 1. The molecule has 2 aliphatic heterocycles. The van der Waals surface area contributed by atoms with Gasteiger partial charge in [-0.1, -0.05) is 0 Å². The van der Waals surface area contributed by atoms with Crippen LogP contribution in [0.2, 0.25) is 0 Å². The highest BCUT2D eigenvalue weighted by Gasteiger charge is 2.65. The fraction of sp³-hybridized carbons (Fsp3) is 0.700. The van der Waals surface area contributed by atoms with E-state index in [0.29, 0.717) is 0 Å². The highest BCUT2D eigenvalue weighted by molar-refractivity contribution is 8.01. The predicted molar refractivity (Wildman–Crippen MR) is 62.4 cm³/mol. The molecule has 0 saturated carbocycles. The molecule has 0 aromatic heterocycles. The van der Waals surface area contributed by atoms with Gasteiger partial charge in [-0.05, 0) is 13.8 Å². The van der Waals surface area contributed by atoms with E-state index in [1.807, 2.05) is 0 Å². The van der Waals surface area contributed by atoms with Gasteiger partial charge in [0.2, 0.25) is 11.8 Å². The first kappa shape index (κ1) is 13.2. The van der Waals surface area contributed by atoms with Crippen LogP contribution in [0.15, 0.2) is 0 Å². The smallest absolute Gasteiger partial charge is 0.327 e. The normalized spacial score (nSPS) is 34.7. The fourth-order valence-electron chi connectivity index (χ4n) is 2.51. The van der Waals surface area contributed by atoms with Crippen molar-refractivity contribution in [2.45, 2.75) is 36.1 Å². The van der Waals surface area contributed by atoms with Gasteiger partial charge >= 0.3 is 5.97 Å². The number of aliphatic hydroxyl groups excluding tert-OH is 1. The molecule has 0 radical (unpaired) electrons. The van der Waals surface area contributed by atoms with E-state index in [0.717, 1.165) is 0 Å². The lowest BCUT2D eigenvalue weighted by atomic mass is 9.87. The first-order valence-electron chi connectivity index (χ1n) is 5.38. The van der Waals surface area contributed by atoms with Crippen LogP contribution in [0.3, 0.4) is 0 Å². The van der Waals surface area contributed by atoms with Crippen LogP contribution in [0.25, 0.3) is 0 Å². The molecule has 8 heteroatoms. The zero-order valence-electron chi connectivity index (χ0n) is 9.86. The minimum atomic E-state index is -1.56. The van der Waals surface area contributed by atoms with Crippen molar-refractivity contribution in [3.63, 3.8) is 0 Å². The number of carbonyl (C=O) groups is 3. The Bertz CT molecular complexity index is 438. The van der Waals surface area contributed by atoms with Gasteiger partial charge in [0.15, 0.2) is 0 Å². The second kappa shape index (κ2) is 3.86. The zero-order chi connectivity index (χ0) is 13.8. The summed E-state index contributed by atoms with van der Waals surface area (Å²) in [5.74, 6) is -3.52. The predicted octanol–water partition coefficient (Wildman–Crippen LogP) is -1.40. The van der Waals surface area contributed by atoms with E-state index in [1.54, 1.807) is 13.8 Å². The Hall–Kier alpha value is -1.28. The summed E-state index contributed by atoms with van der Waals surface area (Å²) in [6.07, 6.45) is -1.56.